The Balaban J connectivity index is 1.41. The first-order valence-electron chi connectivity index (χ1n) is 13.0. The number of halogens is 1. The average Bonchev–Trinajstić information content (AvgIpc) is 2.89. The summed E-state index contributed by atoms with van der Waals surface area (Å²) in [7, 11) is 0. The van der Waals surface area contributed by atoms with Crippen molar-refractivity contribution >= 4 is 0 Å². The van der Waals surface area contributed by atoms with E-state index in [-0.39, 0.29) is 17.9 Å². The molecule has 0 aromatic heterocycles. The van der Waals surface area contributed by atoms with Gasteiger partial charge in [0.05, 0.1) is 6.10 Å². The maximum atomic E-state index is 13.3. The fourth-order valence-electron chi connectivity index (χ4n) is 5.43. The van der Waals surface area contributed by atoms with Gasteiger partial charge in [0.25, 0.3) is 0 Å². The fraction of sp³-hybridized carbons (Fsp3) is 0.419. The van der Waals surface area contributed by atoms with E-state index in [1.165, 1.54) is 23.1 Å². The van der Waals surface area contributed by atoms with Crippen molar-refractivity contribution in [2.24, 2.45) is 5.92 Å². The monoisotopic (exact) mass is 474 g/mol. The van der Waals surface area contributed by atoms with E-state index in [2.05, 4.69) is 78.2 Å². The summed E-state index contributed by atoms with van der Waals surface area (Å²) in [5.74, 6) is 0.362. The van der Waals surface area contributed by atoms with Gasteiger partial charge in [-0.1, -0.05) is 72.8 Å². The van der Waals surface area contributed by atoms with E-state index >= 15 is 0 Å². The van der Waals surface area contributed by atoms with E-state index in [4.69, 9.17) is 0 Å². The normalized spacial score (nSPS) is 19.4. The molecule has 4 rings (SSSR count). The lowest BCUT2D eigenvalue weighted by molar-refractivity contribution is 0.00255. The Bertz CT molecular complexity index is 1010. The molecule has 3 nitrogen and oxygen atoms in total. The van der Waals surface area contributed by atoms with Crippen LogP contribution in [0.25, 0.3) is 0 Å². The number of aliphatic hydroxyl groups excluding tert-OH is 1. The molecule has 186 valence electrons. The predicted octanol–water partition coefficient (Wildman–Crippen LogP) is 6.09. The van der Waals surface area contributed by atoms with Crippen LogP contribution >= 0.6 is 0 Å². The first kappa shape index (κ1) is 25.6. The van der Waals surface area contributed by atoms with Gasteiger partial charge in [0.15, 0.2) is 0 Å². The van der Waals surface area contributed by atoms with Gasteiger partial charge >= 0.3 is 0 Å². The minimum absolute atomic E-state index is 0.00267. The topological polar surface area (TPSA) is 26.7 Å². The summed E-state index contributed by atoms with van der Waals surface area (Å²) in [4.78, 5) is 4.85. The molecule has 0 bridgehead atoms. The van der Waals surface area contributed by atoms with Crippen molar-refractivity contribution < 1.29 is 9.50 Å². The Morgan fingerprint density at radius 3 is 2.26 bits per heavy atom. The van der Waals surface area contributed by atoms with Gasteiger partial charge in [0.2, 0.25) is 0 Å². The maximum absolute atomic E-state index is 13.3. The third-order valence-corrected chi connectivity index (χ3v) is 7.55. The molecule has 1 aliphatic rings. The number of hydrogen-bond donors (Lipinski definition) is 1. The Morgan fingerprint density at radius 2 is 1.57 bits per heavy atom. The number of rotatable bonds is 10. The highest BCUT2D eigenvalue weighted by Crippen LogP contribution is 2.27. The number of β-amino-alcohol motifs (C(OH)–C–C–N with tert-alkyl or cyclic N) is 1. The highest BCUT2D eigenvalue weighted by atomic mass is 19.1. The first-order valence-corrected chi connectivity index (χ1v) is 13.0. The molecule has 35 heavy (non-hydrogen) atoms. The number of piperidine rings is 1. The minimum Gasteiger partial charge on any atom is -0.390 e. The quantitative estimate of drug-likeness (QED) is 0.385. The third kappa shape index (κ3) is 7.23. The number of benzene rings is 3. The standard InChI is InChI=1S/C31H39FN2O/c1-24(29-13-7-4-8-14-29)34(22-27-10-5-3-6-11-27)25(2)31(35)23-33-19-9-12-28(21-33)20-26-15-17-30(32)18-16-26/h3-8,10-11,13-18,24-25,28,31,35H,9,12,19-23H2,1-2H3/t24-,25-,28?,31+/m1/s1. The van der Waals surface area contributed by atoms with Crippen molar-refractivity contribution in [3.8, 4) is 0 Å². The summed E-state index contributed by atoms with van der Waals surface area (Å²) in [5.41, 5.74) is 3.71. The van der Waals surface area contributed by atoms with Crippen molar-refractivity contribution in [2.45, 2.75) is 57.8 Å². The zero-order valence-corrected chi connectivity index (χ0v) is 21.1. The molecule has 0 saturated carbocycles. The first-order chi connectivity index (χ1) is 17.0. The Morgan fingerprint density at radius 1 is 0.914 bits per heavy atom. The van der Waals surface area contributed by atoms with E-state index in [0.29, 0.717) is 12.5 Å². The van der Waals surface area contributed by atoms with Gasteiger partial charge in [-0.05, 0) is 74.4 Å². The van der Waals surface area contributed by atoms with Gasteiger partial charge in [-0.25, -0.2) is 4.39 Å². The van der Waals surface area contributed by atoms with Crippen LogP contribution in [0, 0.1) is 11.7 Å². The molecule has 1 N–H and O–H groups in total. The fourth-order valence-corrected chi connectivity index (χ4v) is 5.43. The van der Waals surface area contributed by atoms with Crippen LogP contribution in [-0.4, -0.2) is 46.7 Å². The van der Waals surface area contributed by atoms with Crippen LogP contribution in [0.3, 0.4) is 0 Å². The average molecular weight is 475 g/mol. The van der Waals surface area contributed by atoms with E-state index < -0.39 is 6.10 Å². The molecule has 0 radical (unpaired) electrons. The van der Waals surface area contributed by atoms with Crippen LogP contribution < -0.4 is 0 Å². The van der Waals surface area contributed by atoms with Crippen molar-refractivity contribution in [2.75, 3.05) is 19.6 Å². The molecule has 1 saturated heterocycles. The molecule has 0 amide bonds. The molecule has 1 fully saturated rings. The molecule has 4 atom stereocenters. The molecule has 0 spiro atoms. The van der Waals surface area contributed by atoms with E-state index in [0.717, 1.165) is 32.5 Å². The summed E-state index contributed by atoms with van der Waals surface area (Å²) >= 11 is 0. The molecule has 4 heteroatoms. The second-order valence-electron chi connectivity index (χ2n) is 10.2. The maximum Gasteiger partial charge on any atom is 0.123 e. The van der Waals surface area contributed by atoms with Gasteiger partial charge in [-0.15, -0.1) is 0 Å². The molecule has 1 heterocycles. The summed E-state index contributed by atoms with van der Waals surface area (Å²) < 4.78 is 13.3. The molecule has 1 unspecified atom stereocenters. The largest absolute Gasteiger partial charge is 0.390 e. The van der Waals surface area contributed by atoms with Crippen LogP contribution in [0.1, 0.15) is 49.4 Å². The molecular weight excluding hydrogens is 435 g/mol. The second-order valence-corrected chi connectivity index (χ2v) is 10.2. The van der Waals surface area contributed by atoms with Crippen LogP contribution in [-0.2, 0) is 13.0 Å². The predicted molar refractivity (Wildman–Crippen MR) is 142 cm³/mol. The smallest absolute Gasteiger partial charge is 0.123 e. The number of likely N-dealkylation sites (tertiary alicyclic amines) is 1. The van der Waals surface area contributed by atoms with E-state index in [1.807, 2.05) is 18.2 Å². The van der Waals surface area contributed by atoms with Crippen molar-refractivity contribution in [3.63, 3.8) is 0 Å². The van der Waals surface area contributed by atoms with Gasteiger partial charge in [-0.2, -0.15) is 0 Å². The van der Waals surface area contributed by atoms with Gasteiger partial charge in [-0.3, -0.25) is 4.90 Å². The highest BCUT2D eigenvalue weighted by molar-refractivity contribution is 5.21. The van der Waals surface area contributed by atoms with E-state index in [9.17, 15) is 9.50 Å². The third-order valence-electron chi connectivity index (χ3n) is 7.55. The molecule has 1 aliphatic heterocycles. The lowest BCUT2D eigenvalue weighted by atomic mass is 9.91. The van der Waals surface area contributed by atoms with Crippen LogP contribution in [0.2, 0.25) is 0 Å². The molecule has 0 aliphatic carbocycles. The van der Waals surface area contributed by atoms with Crippen molar-refractivity contribution in [1.29, 1.82) is 0 Å². The summed E-state index contributed by atoms with van der Waals surface area (Å²) in [5, 5.41) is 11.4. The van der Waals surface area contributed by atoms with Crippen LogP contribution in [0.15, 0.2) is 84.9 Å². The minimum atomic E-state index is -0.450. The summed E-state index contributed by atoms with van der Waals surface area (Å²) in [6, 6.07) is 28.2. The van der Waals surface area contributed by atoms with Crippen LogP contribution in [0.5, 0.6) is 0 Å². The molecule has 3 aromatic rings. The van der Waals surface area contributed by atoms with Crippen LogP contribution in [0.4, 0.5) is 4.39 Å². The highest BCUT2D eigenvalue weighted by Gasteiger charge is 2.30. The number of nitrogens with zero attached hydrogens (tertiary/aromatic N) is 2. The summed E-state index contributed by atoms with van der Waals surface area (Å²) in [6.45, 7) is 7.87. The zero-order valence-electron chi connectivity index (χ0n) is 21.1. The van der Waals surface area contributed by atoms with Gasteiger partial charge in [0, 0.05) is 31.7 Å². The van der Waals surface area contributed by atoms with Crippen molar-refractivity contribution in [1.82, 2.24) is 9.80 Å². The number of aliphatic hydroxyl groups is 1. The molecular formula is C31H39FN2O. The van der Waals surface area contributed by atoms with Gasteiger partial charge in [0.1, 0.15) is 5.82 Å². The number of hydrogen-bond acceptors (Lipinski definition) is 3. The SMILES string of the molecule is C[C@H](c1ccccc1)N(Cc1ccccc1)[C@H](C)[C@@H](O)CN1CCCC(Cc2ccc(F)cc2)C1. The lowest BCUT2D eigenvalue weighted by Crippen LogP contribution is -2.49. The lowest BCUT2D eigenvalue weighted by Gasteiger charge is -2.40. The van der Waals surface area contributed by atoms with E-state index in [1.54, 1.807) is 12.1 Å². The zero-order chi connectivity index (χ0) is 24.6. The second kappa shape index (κ2) is 12.4. The Labute approximate surface area is 210 Å². The Hall–Kier alpha value is -2.53. The van der Waals surface area contributed by atoms with Gasteiger partial charge < -0.3 is 10.0 Å². The molecule has 3 aromatic carbocycles. The Kier molecular flexibility index (Phi) is 9.08. The summed E-state index contributed by atoms with van der Waals surface area (Å²) in [6.07, 6.45) is 2.84. The van der Waals surface area contributed by atoms with Crippen molar-refractivity contribution in [3.05, 3.63) is 107 Å².